The zero-order chi connectivity index (χ0) is 22.5. The molecular formula is C21H14ClF4N3O2. The average Bonchev–Trinajstić information content (AvgIpc) is 2.68. The number of rotatable bonds is 2. The zero-order valence-corrected chi connectivity index (χ0v) is 16.7. The number of H-pyrrole nitrogens is 1. The van der Waals surface area contributed by atoms with Crippen molar-refractivity contribution in [3.8, 4) is 0 Å². The van der Waals surface area contributed by atoms with Crippen LogP contribution in [0.4, 0.5) is 34.6 Å². The summed E-state index contributed by atoms with van der Waals surface area (Å²) in [6.45, 7) is 1.41. The highest BCUT2D eigenvalue weighted by molar-refractivity contribution is 6.33. The molecule has 4 rings (SSSR count). The lowest BCUT2D eigenvalue weighted by Crippen LogP contribution is -2.45. The average molecular weight is 452 g/mol. The lowest BCUT2D eigenvalue weighted by atomic mass is 10.0. The molecule has 0 fully saturated rings. The largest absolute Gasteiger partial charge is 0.416 e. The maximum absolute atomic E-state index is 13.6. The van der Waals surface area contributed by atoms with Gasteiger partial charge in [0.2, 0.25) is 5.56 Å². The van der Waals surface area contributed by atoms with Crippen molar-refractivity contribution in [3.05, 3.63) is 86.5 Å². The van der Waals surface area contributed by atoms with Gasteiger partial charge in [-0.1, -0.05) is 11.6 Å². The van der Waals surface area contributed by atoms with Crippen LogP contribution in [0.2, 0.25) is 5.15 Å². The summed E-state index contributed by atoms with van der Waals surface area (Å²) >= 11 is 6.12. The van der Waals surface area contributed by atoms with E-state index < -0.39 is 29.0 Å². The molecule has 0 saturated carbocycles. The van der Waals surface area contributed by atoms with Crippen LogP contribution >= 0.6 is 11.6 Å². The number of aryl methyl sites for hydroxylation is 1. The third-order valence-corrected chi connectivity index (χ3v) is 5.25. The van der Waals surface area contributed by atoms with Gasteiger partial charge < -0.3 is 9.88 Å². The number of halogens is 5. The Morgan fingerprint density at radius 2 is 1.65 bits per heavy atom. The molecule has 2 heterocycles. The molecular weight excluding hydrogens is 438 g/mol. The number of aromatic nitrogens is 1. The fraction of sp³-hybridized carbons (Fsp3) is 0.143. The van der Waals surface area contributed by atoms with Gasteiger partial charge in [0.05, 0.1) is 22.5 Å². The second kappa shape index (κ2) is 7.42. The predicted molar refractivity (Wildman–Crippen MR) is 108 cm³/mol. The highest BCUT2D eigenvalue weighted by Crippen LogP contribution is 2.41. The van der Waals surface area contributed by atoms with E-state index in [0.29, 0.717) is 11.3 Å². The van der Waals surface area contributed by atoms with Gasteiger partial charge in [0, 0.05) is 11.8 Å². The van der Waals surface area contributed by atoms with Crippen LogP contribution in [-0.2, 0) is 6.18 Å². The normalized spacial score (nSPS) is 14.1. The molecule has 1 amide bonds. The number of hydrogen-bond acceptors (Lipinski definition) is 3. The number of anilines is 3. The first-order chi connectivity index (χ1) is 14.6. The van der Waals surface area contributed by atoms with E-state index in [1.165, 1.54) is 40.1 Å². The van der Waals surface area contributed by atoms with Crippen LogP contribution in [-0.4, -0.2) is 17.6 Å². The number of benzene rings is 2. The molecule has 10 heteroatoms. The standard InChI is InChI=1S/C21H14ClF4N3O2/c1-11-8-13(23)3-5-15(11)28-10-29(16-6-7-18(30)27-19(16)22)20(31)14-4-2-12(9-17(14)28)21(24,25)26/h2-9H,10H2,1H3,(H,27,30). The molecule has 0 spiro atoms. The van der Waals surface area contributed by atoms with Gasteiger partial charge in [0.1, 0.15) is 17.6 Å². The van der Waals surface area contributed by atoms with E-state index in [-0.39, 0.29) is 28.8 Å². The fourth-order valence-corrected chi connectivity index (χ4v) is 3.76. The van der Waals surface area contributed by atoms with Crippen molar-refractivity contribution >= 4 is 34.6 Å². The number of pyridine rings is 1. The van der Waals surface area contributed by atoms with E-state index >= 15 is 0 Å². The molecule has 160 valence electrons. The molecule has 1 N–H and O–H groups in total. The summed E-state index contributed by atoms with van der Waals surface area (Å²) in [6.07, 6.45) is -4.61. The SMILES string of the molecule is Cc1cc(F)ccc1N1CN(c2ccc(=O)[nH]c2Cl)C(=O)c2ccc(C(F)(F)F)cc21. The summed E-state index contributed by atoms with van der Waals surface area (Å²) in [6, 6.07) is 9.20. The molecule has 3 aromatic rings. The second-order valence-electron chi connectivity index (χ2n) is 6.98. The number of alkyl halides is 3. The van der Waals surface area contributed by atoms with Gasteiger partial charge in [-0.2, -0.15) is 13.2 Å². The summed E-state index contributed by atoms with van der Waals surface area (Å²) in [4.78, 5) is 29.7. The Kier molecular flexibility index (Phi) is 5.01. The Bertz CT molecular complexity index is 1260. The number of aromatic amines is 1. The molecule has 0 unspecified atom stereocenters. The molecule has 31 heavy (non-hydrogen) atoms. The monoisotopic (exact) mass is 451 g/mol. The molecule has 0 radical (unpaired) electrons. The van der Waals surface area contributed by atoms with E-state index in [0.717, 1.165) is 18.2 Å². The highest BCUT2D eigenvalue weighted by Gasteiger charge is 2.37. The van der Waals surface area contributed by atoms with Crippen LogP contribution in [0, 0.1) is 12.7 Å². The highest BCUT2D eigenvalue weighted by atomic mass is 35.5. The third-order valence-electron chi connectivity index (χ3n) is 4.97. The summed E-state index contributed by atoms with van der Waals surface area (Å²) in [5.41, 5.74) is -0.289. The predicted octanol–water partition coefficient (Wildman–Crippen LogP) is 5.25. The number of carbonyl (C=O) groups is 1. The van der Waals surface area contributed by atoms with E-state index in [9.17, 15) is 27.2 Å². The van der Waals surface area contributed by atoms with Crippen LogP contribution in [0.5, 0.6) is 0 Å². The molecule has 0 atom stereocenters. The van der Waals surface area contributed by atoms with Crippen LogP contribution in [0.25, 0.3) is 0 Å². The van der Waals surface area contributed by atoms with Gasteiger partial charge >= 0.3 is 6.18 Å². The molecule has 5 nitrogen and oxygen atoms in total. The Balaban J connectivity index is 1.93. The van der Waals surface area contributed by atoms with Gasteiger partial charge in [-0.05, 0) is 55.0 Å². The van der Waals surface area contributed by atoms with Crippen LogP contribution < -0.4 is 15.4 Å². The van der Waals surface area contributed by atoms with E-state index in [1.807, 2.05) is 0 Å². The van der Waals surface area contributed by atoms with E-state index in [4.69, 9.17) is 11.6 Å². The Hall–Kier alpha value is -3.33. The van der Waals surface area contributed by atoms with Crippen molar-refractivity contribution in [1.82, 2.24) is 4.98 Å². The van der Waals surface area contributed by atoms with Crippen molar-refractivity contribution in [2.45, 2.75) is 13.1 Å². The van der Waals surface area contributed by atoms with Crippen molar-refractivity contribution in [1.29, 1.82) is 0 Å². The van der Waals surface area contributed by atoms with Gasteiger partial charge in [-0.15, -0.1) is 0 Å². The van der Waals surface area contributed by atoms with Crippen LogP contribution in [0.1, 0.15) is 21.5 Å². The topological polar surface area (TPSA) is 56.4 Å². The summed E-state index contributed by atoms with van der Waals surface area (Å²) < 4.78 is 53.6. The lowest BCUT2D eigenvalue weighted by molar-refractivity contribution is -0.137. The number of fused-ring (bicyclic) bond motifs is 1. The van der Waals surface area contributed by atoms with Gasteiger partial charge in [0.25, 0.3) is 5.91 Å². The van der Waals surface area contributed by atoms with Crippen molar-refractivity contribution < 1.29 is 22.4 Å². The maximum Gasteiger partial charge on any atom is 0.416 e. The first kappa shape index (κ1) is 20.9. The minimum atomic E-state index is -4.61. The van der Waals surface area contributed by atoms with E-state index in [1.54, 1.807) is 6.92 Å². The van der Waals surface area contributed by atoms with Gasteiger partial charge in [-0.25, -0.2) is 4.39 Å². The minimum Gasteiger partial charge on any atom is -0.322 e. The Morgan fingerprint density at radius 1 is 0.935 bits per heavy atom. The Morgan fingerprint density at radius 3 is 2.29 bits per heavy atom. The molecule has 1 aliphatic rings. The summed E-state index contributed by atoms with van der Waals surface area (Å²) in [5, 5.41) is -0.0908. The summed E-state index contributed by atoms with van der Waals surface area (Å²) in [5.74, 6) is -1.09. The quantitative estimate of drug-likeness (QED) is 0.427. The second-order valence-corrected chi connectivity index (χ2v) is 7.36. The third kappa shape index (κ3) is 3.76. The molecule has 0 saturated heterocycles. The fourth-order valence-electron chi connectivity index (χ4n) is 3.50. The minimum absolute atomic E-state index is 0.00485. The van der Waals surface area contributed by atoms with Crippen molar-refractivity contribution in [2.75, 3.05) is 16.5 Å². The Labute approximate surface area is 178 Å². The lowest BCUT2D eigenvalue weighted by Gasteiger charge is -2.39. The zero-order valence-electron chi connectivity index (χ0n) is 15.9. The maximum atomic E-state index is 13.6. The van der Waals surface area contributed by atoms with Crippen LogP contribution in [0.3, 0.4) is 0 Å². The first-order valence-electron chi connectivity index (χ1n) is 9.02. The number of nitrogens with zero attached hydrogens (tertiary/aromatic N) is 2. The molecule has 0 aliphatic carbocycles. The number of nitrogens with one attached hydrogen (secondary N) is 1. The number of carbonyl (C=O) groups excluding carboxylic acids is 1. The smallest absolute Gasteiger partial charge is 0.322 e. The van der Waals surface area contributed by atoms with Gasteiger partial charge in [-0.3, -0.25) is 14.5 Å². The first-order valence-corrected chi connectivity index (χ1v) is 9.39. The van der Waals surface area contributed by atoms with Crippen molar-refractivity contribution in [3.63, 3.8) is 0 Å². The molecule has 2 aromatic carbocycles. The number of hydrogen-bond donors (Lipinski definition) is 1. The van der Waals surface area contributed by atoms with Crippen LogP contribution in [0.15, 0.2) is 53.3 Å². The molecule has 0 bridgehead atoms. The van der Waals surface area contributed by atoms with E-state index in [2.05, 4.69) is 4.98 Å². The molecule has 1 aromatic heterocycles. The van der Waals surface area contributed by atoms with Crippen molar-refractivity contribution in [2.24, 2.45) is 0 Å². The van der Waals surface area contributed by atoms with Gasteiger partial charge in [0.15, 0.2) is 0 Å². The molecule has 1 aliphatic heterocycles. The summed E-state index contributed by atoms with van der Waals surface area (Å²) in [7, 11) is 0. The number of amides is 1.